The summed E-state index contributed by atoms with van der Waals surface area (Å²) in [5.41, 5.74) is 1.02. The lowest BCUT2D eigenvalue weighted by molar-refractivity contribution is -0.126. The highest BCUT2D eigenvalue weighted by atomic mass is 32.2. The van der Waals surface area contributed by atoms with Crippen molar-refractivity contribution in [2.75, 3.05) is 13.1 Å². The molecule has 2 heterocycles. The highest BCUT2D eigenvalue weighted by Crippen LogP contribution is 2.28. The number of nitrogens with one attached hydrogen (secondary N) is 1. The number of fused-ring (bicyclic) bond motifs is 1. The Balaban J connectivity index is 1.56. The molecule has 2 aromatic rings. The summed E-state index contributed by atoms with van der Waals surface area (Å²) < 4.78 is 35.9. The first-order valence-electron chi connectivity index (χ1n) is 10.3. The molecule has 0 radical (unpaired) electrons. The maximum atomic E-state index is 13.1. The van der Waals surface area contributed by atoms with E-state index in [1.165, 1.54) is 4.31 Å². The number of rotatable bonds is 8. The van der Waals surface area contributed by atoms with Gasteiger partial charge in [-0.15, -0.1) is 0 Å². The molecule has 1 aliphatic rings. The first-order valence-corrected chi connectivity index (χ1v) is 12.5. The number of benzene rings is 1. The molecule has 1 aromatic heterocycles. The predicted molar refractivity (Wildman–Crippen MR) is 115 cm³/mol. The van der Waals surface area contributed by atoms with Crippen molar-refractivity contribution in [2.24, 2.45) is 11.8 Å². The molecule has 1 amide bonds. The fourth-order valence-corrected chi connectivity index (χ4v) is 5.97. The first-order chi connectivity index (χ1) is 13.8. The summed E-state index contributed by atoms with van der Waals surface area (Å²) in [6.45, 7) is 7.14. The Hall–Kier alpha value is -1.58. The minimum Gasteiger partial charge on any atom is -0.353 e. The molecule has 1 fully saturated rings. The topological polar surface area (TPSA) is 92.3 Å². The second-order valence-corrected chi connectivity index (χ2v) is 10.7. The minimum absolute atomic E-state index is 0.0462. The highest BCUT2D eigenvalue weighted by Gasteiger charge is 2.33. The fraction of sp³-hybridized carbons (Fsp3) is 0.650. The normalized spacial score (nSPS) is 17.7. The molecule has 0 aliphatic carbocycles. The molecule has 0 unspecified atom stereocenters. The van der Waals surface area contributed by atoms with E-state index in [4.69, 9.17) is 0 Å². The van der Waals surface area contributed by atoms with Crippen molar-refractivity contribution >= 4 is 38.7 Å². The van der Waals surface area contributed by atoms with Gasteiger partial charge in [0, 0.05) is 25.0 Å². The molecular formula is C20H30N4O3S2. The lowest BCUT2D eigenvalue weighted by atomic mass is 9.96. The van der Waals surface area contributed by atoms with E-state index in [1.54, 1.807) is 18.2 Å². The third kappa shape index (κ3) is 5.32. The Kier molecular flexibility index (Phi) is 7.23. The van der Waals surface area contributed by atoms with Crippen molar-refractivity contribution in [3.8, 4) is 0 Å². The summed E-state index contributed by atoms with van der Waals surface area (Å²) in [7, 11) is -3.65. The molecule has 1 atom stereocenters. The summed E-state index contributed by atoms with van der Waals surface area (Å²) in [6.07, 6.45) is 4.32. The van der Waals surface area contributed by atoms with Gasteiger partial charge in [-0.1, -0.05) is 32.8 Å². The van der Waals surface area contributed by atoms with Gasteiger partial charge < -0.3 is 5.32 Å². The van der Waals surface area contributed by atoms with Gasteiger partial charge in [-0.3, -0.25) is 4.79 Å². The average Bonchev–Trinajstić information content (AvgIpc) is 3.16. The molecule has 0 bridgehead atoms. The smallest absolute Gasteiger partial charge is 0.245 e. The zero-order chi connectivity index (χ0) is 21.0. The summed E-state index contributed by atoms with van der Waals surface area (Å²) in [5, 5.41) is 3.11. The van der Waals surface area contributed by atoms with Gasteiger partial charge >= 0.3 is 0 Å². The van der Waals surface area contributed by atoms with Crippen LogP contribution in [0.5, 0.6) is 0 Å². The number of nitrogens with zero attached hydrogens (tertiary/aromatic N) is 3. The summed E-state index contributed by atoms with van der Waals surface area (Å²) in [6, 6.07) is 5.18. The Morgan fingerprint density at radius 1 is 1.21 bits per heavy atom. The van der Waals surface area contributed by atoms with Crippen LogP contribution < -0.4 is 5.32 Å². The average molecular weight is 439 g/mol. The minimum atomic E-state index is -3.65. The van der Waals surface area contributed by atoms with Gasteiger partial charge in [-0.2, -0.15) is 13.1 Å². The van der Waals surface area contributed by atoms with Crippen LogP contribution in [0.2, 0.25) is 0 Å². The molecule has 1 N–H and O–H groups in total. The van der Waals surface area contributed by atoms with Gasteiger partial charge in [-0.05, 0) is 44.2 Å². The maximum Gasteiger partial charge on any atom is 0.245 e. The second kappa shape index (κ2) is 9.49. The van der Waals surface area contributed by atoms with Crippen LogP contribution in [-0.4, -0.2) is 46.5 Å². The van der Waals surface area contributed by atoms with Crippen molar-refractivity contribution in [1.29, 1.82) is 0 Å². The van der Waals surface area contributed by atoms with Crippen molar-refractivity contribution in [3.05, 3.63) is 18.2 Å². The number of carbonyl (C=O) groups excluding carboxylic acids is 1. The molecular weight excluding hydrogens is 408 g/mol. The van der Waals surface area contributed by atoms with Gasteiger partial charge in [0.05, 0.1) is 11.7 Å². The van der Waals surface area contributed by atoms with Crippen molar-refractivity contribution in [3.63, 3.8) is 0 Å². The molecule has 1 saturated heterocycles. The standard InChI is InChI=1S/C20H30N4O3S2/c1-14(2)6-4-7-15(3)21-20(25)16-10-12-24(13-11-16)29(26,27)18-9-5-8-17-19(18)23-28-22-17/h5,8-9,14-16H,4,6-7,10-13H2,1-3H3,(H,21,25)/t15-/m0/s1. The Morgan fingerprint density at radius 2 is 1.93 bits per heavy atom. The van der Waals surface area contributed by atoms with E-state index in [-0.39, 0.29) is 22.8 Å². The second-order valence-electron chi connectivity index (χ2n) is 8.30. The van der Waals surface area contributed by atoms with E-state index in [1.807, 2.05) is 6.92 Å². The lowest BCUT2D eigenvalue weighted by Gasteiger charge is -2.31. The summed E-state index contributed by atoms with van der Waals surface area (Å²) >= 11 is 1.01. The van der Waals surface area contributed by atoms with Gasteiger partial charge in [0.15, 0.2) is 0 Å². The first kappa shape index (κ1) is 22.1. The van der Waals surface area contributed by atoms with Crippen molar-refractivity contribution in [1.82, 2.24) is 18.4 Å². The van der Waals surface area contributed by atoms with Crippen LogP contribution in [0.1, 0.15) is 52.9 Å². The van der Waals surface area contributed by atoms with Gasteiger partial charge in [0.2, 0.25) is 15.9 Å². The molecule has 9 heteroatoms. The van der Waals surface area contributed by atoms with Crippen LogP contribution in [0.25, 0.3) is 11.0 Å². The van der Waals surface area contributed by atoms with Gasteiger partial charge in [0.25, 0.3) is 0 Å². The molecule has 160 valence electrons. The zero-order valence-electron chi connectivity index (χ0n) is 17.3. The van der Waals surface area contributed by atoms with Gasteiger partial charge in [0.1, 0.15) is 15.9 Å². The summed E-state index contributed by atoms with van der Waals surface area (Å²) in [5.74, 6) is 0.589. The molecule has 0 saturated carbocycles. The lowest BCUT2D eigenvalue weighted by Crippen LogP contribution is -2.44. The van der Waals surface area contributed by atoms with E-state index >= 15 is 0 Å². The number of piperidine rings is 1. The monoisotopic (exact) mass is 438 g/mol. The third-order valence-electron chi connectivity index (χ3n) is 5.50. The fourth-order valence-electron chi connectivity index (χ4n) is 3.75. The van der Waals surface area contributed by atoms with E-state index in [9.17, 15) is 13.2 Å². The van der Waals surface area contributed by atoms with Crippen LogP contribution in [0.4, 0.5) is 0 Å². The van der Waals surface area contributed by atoms with Crippen LogP contribution >= 0.6 is 11.7 Å². The van der Waals surface area contributed by atoms with Crippen molar-refractivity contribution < 1.29 is 13.2 Å². The van der Waals surface area contributed by atoms with E-state index in [0.29, 0.717) is 42.9 Å². The van der Waals surface area contributed by atoms with Crippen LogP contribution in [0.15, 0.2) is 23.1 Å². The van der Waals surface area contributed by atoms with Crippen LogP contribution in [0, 0.1) is 11.8 Å². The highest BCUT2D eigenvalue weighted by molar-refractivity contribution is 7.89. The molecule has 3 rings (SSSR count). The van der Waals surface area contributed by atoms with Crippen molar-refractivity contribution in [2.45, 2.75) is 63.8 Å². The summed E-state index contributed by atoms with van der Waals surface area (Å²) in [4.78, 5) is 12.8. The number of carbonyl (C=O) groups is 1. The van der Waals surface area contributed by atoms with Crippen LogP contribution in [0.3, 0.4) is 0 Å². The molecule has 1 aliphatic heterocycles. The Morgan fingerprint density at radius 3 is 2.62 bits per heavy atom. The van der Waals surface area contributed by atoms with Crippen LogP contribution in [-0.2, 0) is 14.8 Å². The van der Waals surface area contributed by atoms with E-state index in [0.717, 1.165) is 31.0 Å². The van der Waals surface area contributed by atoms with Gasteiger partial charge in [-0.25, -0.2) is 8.42 Å². The van der Waals surface area contributed by atoms with E-state index < -0.39 is 10.0 Å². The quantitative estimate of drug-likeness (QED) is 0.682. The number of sulfonamides is 1. The molecule has 29 heavy (non-hydrogen) atoms. The molecule has 1 aromatic carbocycles. The number of amides is 1. The predicted octanol–water partition coefficient (Wildman–Crippen LogP) is 3.42. The molecule has 7 nitrogen and oxygen atoms in total. The third-order valence-corrected chi connectivity index (χ3v) is 7.97. The Labute approximate surface area is 177 Å². The zero-order valence-corrected chi connectivity index (χ0v) is 18.9. The maximum absolute atomic E-state index is 13.1. The largest absolute Gasteiger partial charge is 0.353 e. The SMILES string of the molecule is CC(C)CCC[C@H](C)NC(=O)C1CCN(S(=O)(=O)c2cccc3nsnc23)CC1. The number of aromatic nitrogens is 2. The van der Waals surface area contributed by atoms with E-state index in [2.05, 4.69) is 27.9 Å². The Bertz CT molecular complexity index is 934. The number of hydrogen-bond donors (Lipinski definition) is 1. The molecule has 0 spiro atoms. The number of hydrogen-bond acceptors (Lipinski definition) is 6.